The van der Waals surface area contributed by atoms with E-state index in [2.05, 4.69) is 4.98 Å². The maximum atomic E-state index is 13.5. The van der Waals surface area contributed by atoms with Crippen LogP contribution in [0.2, 0.25) is 0 Å². The zero-order valence-electron chi connectivity index (χ0n) is 19.8. The van der Waals surface area contributed by atoms with E-state index < -0.39 is 5.97 Å². The summed E-state index contributed by atoms with van der Waals surface area (Å²) in [7, 11) is 3.17. The Morgan fingerprint density at radius 2 is 1.83 bits per heavy atom. The maximum Gasteiger partial charge on any atom is 0.305 e. The van der Waals surface area contributed by atoms with Crippen LogP contribution in [-0.4, -0.2) is 58.8 Å². The zero-order chi connectivity index (χ0) is 25.3. The number of H-pyrrole nitrogens is 1. The van der Waals surface area contributed by atoms with Crippen LogP contribution in [0, 0.1) is 29.6 Å². The quantitative estimate of drug-likeness (QED) is 0.524. The summed E-state index contributed by atoms with van der Waals surface area (Å²) in [6, 6.07) is 5.81. The molecule has 0 spiro atoms. The van der Waals surface area contributed by atoms with E-state index in [4.69, 9.17) is 14.6 Å². The molecule has 6 rings (SSSR count). The zero-order valence-corrected chi connectivity index (χ0v) is 21.4. The van der Waals surface area contributed by atoms with Crippen molar-refractivity contribution in [2.45, 2.75) is 35.5 Å². The fraction of sp³-hybridized carbons (Fsp3) is 0.520. The Kier molecular flexibility index (Phi) is 5.67. The van der Waals surface area contributed by atoms with Gasteiger partial charge in [-0.3, -0.25) is 24.1 Å². The number of carbonyl (C=O) groups is 3. The molecule has 9 nitrogen and oxygen atoms in total. The number of thioether (sulfide) groups is 1. The number of benzene rings is 1. The van der Waals surface area contributed by atoms with Crippen molar-refractivity contribution in [3.8, 4) is 11.5 Å². The number of aliphatic carboxylic acids is 1. The number of fused-ring (bicyclic) bond motifs is 9. The molecule has 7 atom stereocenters. The highest BCUT2D eigenvalue weighted by Gasteiger charge is 2.69. The average molecular weight is 531 g/mol. The van der Waals surface area contributed by atoms with Crippen LogP contribution in [-0.2, 0) is 14.4 Å². The van der Waals surface area contributed by atoms with E-state index >= 15 is 0 Å². The van der Waals surface area contributed by atoms with E-state index in [9.17, 15) is 19.2 Å². The molecular formula is C25H26N2O7S2. The predicted octanol–water partition coefficient (Wildman–Crippen LogP) is 2.79. The van der Waals surface area contributed by atoms with E-state index in [1.54, 1.807) is 26.0 Å². The van der Waals surface area contributed by atoms with Crippen LogP contribution in [0.25, 0.3) is 0 Å². The van der Waals surface area contributed by atoms with Gasteiger partial charge in [-0.1, -0.05) is 17.4 Å². The molecule has 36 heavy (non-hydrogen) atoms. The van der Waals surface area contributed by atoms with Gasteiger partial charge in [0.25, 0.3) is 0 Å². The van der Waals surface area contributed by atoms with E-state index in [-0.39, 0.29) is 76.8 Å². The monoisotopic (exact) mass is 530 g/mol. The molecule has 0 radical (unpaired) electrons. The molecule has 2 aliphatic heterocycles. The number of imide groups is 1. The number of thiazole rings is 1. The van der Waals surface area contributed by atoms with Gasteiger partial charge in [0.2, 0.25) is 11.8 Å². The molecule has 3 heterocycles. The third-order valence-corrected chi connectivity index (χ3v) is 10.9. The van der Waals surface area contributed by atoms with Gasteiger partial charge >= 0.3 is 10.8 Å². The minimum absolute atomic E-state index is 0.0156. The Morgan fingerprint density at radius 1 is 1.11 bits per heavy atom. The lowest BCUT2D eigenvalue weighted by Crippen LogP contribution is -2.42. The minimum Gasteiger partial charge on any atom is -0.493 e. The molecule has 190 valence electrons. The number of nitrogens with one attached hydrogen (secondary N) is 1. The topological polar surface area (TPSA) is 126 Å². The van der Waals surface area contributed by atoms with Crippen LogP contribution in [0.4, 0.5) is 0 Å². The number of carboxylic acids is 1. The Morgan fingerprint density at radius 3 is 2.53 bits per heavy atom. The van der Waals surface area contributed by atoms with Crippen molar-refractivity contribution in [1.29, 1.82) is 0 Å². The molecule has 1 saturated heterocycles. The second kappa shape index (κ2) is 8.65. The summed E-state index contributed by atoms with van der Waals surface area (Å²) in [4.78, 5) is 55.3. The van der Waals surface area contributed by atoms with Crippen LogP contribution < -0.4 is 14.3 Å². The summed E-state index contributed by atoms with van der Waals surface area (Å²) in [5.74, 6) is -0.734. The van der Waals surface area contributed by atoms with Gasteiger partial charge in [0.15, 0.2) is 11.5 Å². The number of carboxylic acid groups (broad SMARTS) is 1. The number of aromatic amines is 1. The number of aromatic nitrogens is 1. The highest BCUT2D eigenvalue weighted by Crippen LogP contribution is 2.68. The molecular weight excluding hydrogens is 504 g/mol. The maximum absolute atomic E-state index is 13.5. The second-order valence-electron chi connectivity index (χ2n) is 9.90. The second-order valence-corrected chi connectivity index (χ2v) is 12.1. The summed E-state index contributed by atoms with van der Waals surface area (Å²) in [5.41, 5.74) is 0.999. The molecule has 1 aromatic heterocycles. The Balaban J connectivity index is 1.38. The van der Waals surface area contributed by atoms with Crippen molar-refractivity contribution < 1.29 is 29.0 Å². The first-order valence-corrected chi connectivity index (χ1v) is 13.7. The van der Waals surface area contributed by atoms with Crippen LogP contribution >= 0.6 is 23.1 Å². The van der Waals surface area contributed by atoms with Crippen LogP contribution in [0.15, 0.2) is 28.0 Å². The number of rotatable bonds is 7. The number of likely N-dealkylation sites (tertiary alicyclic amines) is 1. The van der Waals surface area contributed by atoms with Gasteiger partial charge in [-0.05, 0) is 48.3 Å². The lowest BCUT2D eigenvalue weighted by Gasteiger charge is -2.43. The molecule has 2 saturated carbocycles. The summed E-state index contributed by atoms with van der Waals surface area (Å²) in [5, 5.41) is 9.93. The number of carbonyl (C=O) groups excluding carboxylic acids is 2. The van der Waals surface area contributed by atoms with Crippen molar-refractivity contribution in [3.05, 3.63) is 38.3 Å². The summed E-state index contributed by atoms with van der Waals surface area (Å²) >= 11 is 2.85. The van der Waals surface area contributed by atoms with E-state index in [1.807, 2.05) is 18.2 Å². The Hall–Kier alpha value is -2.79. The lowest BCUT2D eigenvalue weighted by atomic mass is 9.68. The molecule has 2 amide bonds. The minimum atomic E-state index is -0.935. The summed E-state index contributed by atoms with van der Waals surface area (Å²) in [6.07, 6.45) is 0.992. The molecule has 2 N–H and O–H groups in total. The largest absolute Gasteiger partial charge is 0.493 e. The van der Waals surface area contributed by atoms with Crippen LogP contribution in [0.3, 0.4) is 0 Å². The highest BCUT2D eigenvalue weighted by atomic mass is 32.2. The van der Waals surface area contributed by atoms with E-state index in [0.29, 0.717) is 11.5 Å². The third kappa shape index (κ3) is 3.35. The molecule has 3 fully saturated rings. The van der Waals surface area contributed by atoms with Gasteiger partial charge in [-0.15, -0.1) is 11.8 Å². The first-order chi connectivity index (χ1) is 17.3. The number of hydrogen-bond acceptors (Lipinski definition) is 8. The van der Waals surface area contributed by atoms with Crippen molar-refractivity contribution in [2.75, 3.05) is 20.8 Å². The smallest absolute Gasteiger partial charge is 0.305 e. The van der Waals surface area contributed by atoms with Gasteiger partial charge in [0.05, 0.1) is 31.1 Å². The molecule has 11 heteroatoms. The third-order valence-electron chi connectivity index (χ3n) is 8.35. The van der Waals surface area contributed by atoms with Gasteiger partial charge in [-0.2, -0.15) is 0 Å². The molecule has 1 aromatic carbocycles. The Labute approximate surface area is 215 Å². The average Bonchev–Trinajstić information content (AvgIpc) is 3.58. The Bertz CT molecular complexity index is 1320. The lowest BCUT2D eigenvalue weighted by molar-refractivity contribution is -0.142. The molecule has 2 aromatic rings. The normalized spacial score (nSPS) is 31.8. The highest BCUT2D eigenvalue weighted by molar-refractivity contribution is 8.00. The van der Waals surface area contributed by atoms with Crippen LogP contribution in [0.5, 0.6) is 11.5 Å². The van der Waals surface area contributed by atoms with Crippen molar-refractivity contribution in [1.82, 2.24) is 9.88 Å². The van der Waals surface area contributed by atoms with Gasteiger partial charge < -0.3 is 19.6 Å². The van der Waals surface area contributed by atoms with Crippen molar-refractivity contribution in [3.63, 3.8) is 0 Å². The van der Waals surface area contributed by atoms with Crippen LogP contribution in [0.1, 0.15) is 35.6 Å². The van der Waals surface area contributed by atoms with Gasteiger partial charge in [-0.25, -0.2) is 0 Å². The molecule has 2 bridgehead atoms. The van der Waals surface area contributed by atoms with Gasteiger partial charge in [0, 0.05) is 29.0 Å². The molecule has 4 aliphatic rings. The first kappa shape index (κ1) is 23.6. The van der Waals surface area contributed by atoms with Gasteiger partial charge in [0.1, 0.15) is 0 Å². The van der Waals surface area contributed by atoms with E-state index in [0.717, 1.165) is 21.9 Å². The number of nitrogens with zero attached hydrogens (tertiary/aromatic N) is 1. The first-order valence-electron chi connectivity index (χ1n) is 12.0. The fourth-order valence-electron chi connectivity index (χ4n) is 7.11. The SMILES string of the molecule is COc1ccc([C@H]2c3sc(=O)[nH]c3SC3C4CC(C5C(=O)N(CCCC(=O)O)C(=O)C45)C32)cc1OC. The van der Waals surface area contributed by atoms with E-state index in [1.165, 1.54) is 16.2 Å². The fourth-order valence-corrected chi connectivity index (χ4v) is 10.00. The summed E-state index contributed by atoms with van der Waals surface area (Å²) < 4.78 is 11.0. The molecule has 6 unspecified atom stereocenters. The number of methoxy groups -OCH3 is 2. The van der Waals surface area contributed by atoms with Crippen molar-refractivity contribution >= 4 is 40.9 Å². The number of amides is 2. The van der Waals surface area contributed by atoms with Crippen molar-refractivity contribution in [2.24, 2.45) is 29.6 Å². The number of hydrogen-bond donors (Lipinski definition) is 2. The summed E-state index contributed by atoms with van der Waals surface area (Å²) in [6.45, 7) is 0.151. The standard InChI is InChI=1S/C25H26N2O7S2/c1-33-13-6-5-10(8-14(13)34-2)16-17-11-9-12(20(17)35-22-21(16)36-25(32)26-22)19-18(11)23(30)27(24(19)31)7-3-4-15(28)29/h5-6,8,11-12,16-20H,3-4,7,9H2,1-2H3,(H,26,32)(H,28,29)/t11?,12?,16-,17?,18?,19?,20?/m1/s1. The molecule has 2 aliphatic carbocycles. The predicted molar refractivity (Wildman–Crippen MR) is 132 cm³/mol. The number of ether oxygens (including phenoxy) is 2.